The normalized spacial score (nSPS) is 20.6. The minimum absolute atomic E-state index is 0.0303. The number of amides is 1. The van der Waals surface area contributed by atoms with Crippen LogP contribution in [-0.2, 0) is 14.6 Å². The molecule has 0 unspecified atom stereocenters. The average Bonchev–Trinajstić information content (AvgIpc) is 2.70. The van der Waals surface area contributed by atoms with E-state index in [0.29, 0.717) is 6.42 Å². The quantitative estimate of drug-likeness (QED) is 0.874. The lowest BCUT2D eigenvalue weighted by molar-refractivity contribution is -0.119. The van der Waals surface area contributed by atoms with Gasteiger partial charge in [-0.1, -0.05) is 17.7 Å². The van der Waals surface area contributed by atoms with Crippen molar-refractivity contribution in [3.05, 3.63) is 29.0 Å². The second-order valence-electron chi connectivity index (χ2n) is 4.62. The Balaban J connectivity index is 1.85. The number of nitrogens with one attached hydrogen (secondary N) is 2. The third kappa shape index (κ3) is 3.83. The van der Waals surface area contributed by atoms with Gasteiger partial charge in [-0.2, -0.15) is 0 Å². The number of hydrogen-bond donors (Lipinski definition) is 2. The van der Waals surface area contributed by atoms with Crippen molar-refractivity contribution in [3.63, 3.8) is 0 Å². The van der Waals surface area contributed by atoms with Crippen LogP contribution in [0.25, 0.3) is 0 Å². The van der Waals surface area contributed by atoms with E-state index in [4.69, 9.17) is 11.6 Å². The van der Waals surface area contributed by atoms with Crippen LogP contribution >= 0.6 is 11.6 Å². The fraction of sp³-hybridized carbons (Fsp3) is 0.417. The standard InChI is InChI=1S/C12H14ClFN2O3S/c13-9-2-1-3-10(12(9)14)15-6-11(17)16-8-4-5-20(18,19)7-8/h1-3,8,15H,4-7H2,(H,16,17)/t8-/m1/s1. The lowest BCUT2D eigenvalue weighted by Gasteiger charge is -2.12. The van der Waals surface area contributed by atoms with Gasteiger partial charge in [0.05, 0.1) is 28.8 Å². The highest BCUT2D eigenvalue weighted by atomic mass is 35.5. The first-order valence-electron chi connectivity index (χ1n) is 6.05. The first kappa shape index (κ1) is 15.1. The third-order valence-corrected chi connectivity index (χ3v) is 5.05. The van der Waals surface area contributed by atoms with Crippen LogP contribution in [0.5, 0.6) is 0 Å². The van der Waals surface area contributed by atoms with Gasteiger partial charge in [-0.3, -0.25) is 4.79 Å². The molecule has 1 aliphatic heterocycles. The summed E-state index contributed by atoms with van der Waals surface area (Å²) in [5.74, 6) is -0.949. The second kappa shape index (κ2) is 5.97. The number of carbonyl (C=O) groups excluding carboxylic acids is 1. The van der Waals surface area contributed by atoms with Crippen molar-refractivity contribution in [2.75, 3.05) is 23.4 Å². The molecule has 0 aliphatic carbocycles. The molecule has 1 aromatic carbocycles. The zero-order valence-electron chi connectivity index (χ0n) is 10.5. The fourth-order valence-corrected chi connectivity index (χ4v) is 3.85. The lowest BCUT2D eigenvalue weighted by Crippen LogP contribution is -2.39. The van der Waals surface area contributed by atoms with Crippen molar-refractivity contribution >= 4 is 33.0 Å². The Morgan fingerprint density at radius 3 is 2.85 bits per heavy atom. The summed E-state index contributed by atoms with van der Waals surface area (Å²) in [5.41, 5.74) is 0.131. The van der Waals surface area contributed by atoms with Gasteiger partial charge in [-0.15, -0.1) is 0 Å². The maximum absolute atomic E-state index is 13.6. The molecule has 1 heterocycles. The minimum atomic E-state index is -3.03. The highest BCUT2D eigenvalue weighted by Gasteiger charge is 2.28. The van der Waals surface area contributed by atoms with E-state index in [9.17, 15) is 17.6 Å². The predicted octanol–water partition coefficient (Wildman–Crippen LogP) is 1.19. The van der Waals surface area contributed by atoms with Gasteiger partial charge < -0.3 is 10.6 Å². The summed E-state index contributed by atoms with van der Waals surface area (Å²) in [6.45, 7) is -0.145. The summed E-state index contributed by atoms with van der Waals surface area (Å²) >= 11 is 5.62. The van der Waals surface area contributed by atoms with Crippen LogP contribution in [0.3, 0.4) is 0 Å². The number of hydrogen-bond acceptors (Lipinski definition) is 4. The third-order valence-electron chi connectivity index (χ3n) is 2.99. The monoisotopic (exact) mass is 320 g/mol. The van der Waals surface area contributed by atoms with E-state index in [1.165, 1.54) is 12.1 Å². The minimum Gasteiger partial charge on any atom is -0.374 e. The van der Waals surface area contributed by atoms with Gasteiger partial charge in [0.1, 0.15) is 0 Å². The molecule has 20 heavy (non-hydrogen) atoms. The van der Waals surface area contributed by atoms with Crippen molar-refractivity contribution in [1.29, 1.82) is 0 Å². The molecule has 0 spiro atoms. The van der Waals surface area contributed by atoms with Crippen LogP contribution in [0.2, 0.25) is 5.02 Å². The first-order chi connectivity index (χ1) is 9.37. The van der Waals surface area contributed by atoms with Crippen LogP contribution in [0.1, 0.15) is 6.42 Å². The van der Waals surface area contributed by atoms with Gasteiger partial charge >= 0.3 is 0 Å². The largest absolute Gasteiger partial charge is 0.374 e. The van der Waals surface area contributed by atoms with Crippen LogP contribution in [-0.4, -0.2) is 38.4 Å². The Morgan fingerprint density at radius 1 is 1.45 bits per heavy atom. The molecule has 0 aromatic heterocycles. The van der Waals surface area contributed by atoms with Gasteiger partial charge in [0, 0.05) is 6.04 Å². The molecule has 1 fully saturated rings. The molecule has 1 amide bonds. The van der Waals surface area contributed by atoms with E-state index < -0.39 is 15.7 Å². The Kier molecular flexibility index (Phi) is 4.49. The molecule has 5 nitrogen and oxygen atoms in total. The highest BCUT2D eigenvalue weighted by molar-refractivity contribution is 7.91. The molecule has 1 atom stereocenters. The number of anilines is 1. The van der Waals surface area contributed by atoms with Gasteiger partial charge in [-0.05, 0) is 18.6 Å². The molecule has 2 N–H and O–H groups in total. The van der Waals surface area contributed by atoms with Crippen LogP contribution in [0.15, 0.2) is 18.2 Å². The molecule has 1 saturated heterocycles. The molecule has 0 radical (unpaired) electrons. The van der Waals surface area contributed by atoms with Gasteiger partial charge in [-0.25, -0.2) is 12.8 Å². The van der Waals surface area contributed by atoms with E-state index in [0.717, 1.165) is 0 Å². The molecule has 0 saturated carbocycles. The highest BCUT2D eigenvalue weighted by Crippen LogP contribution is 2.21. The van der Waals surface area contributed by atoms with E-state index in [-0.39, 0.29) is 40.7 Å². The number of sulfone groups is 1. The first-order valence-corrected chi connectivity index (χ1v) is 8.25. The Bertz CT molecular complexity index is 621. The van der Waals surface area contributed by atoms with E-state index >= 15 is 0 Å². The molecule has 2 rings (SSSR count). The summed E-state index contributed by atoms with van der Waals surface area (Å²) in [5, 5.41) is 5.20. The zero-order chi connectivity index (χ0) is 14.8. The summed E-state index contributed by atoms with van der Waals surface area (Å²) in [7, 11) is -3.03. The van der Waals surface area contributed by atoms with Crippen LogP contribution in [0.4, 0.5) is 10.1 Å². The summed E-state index contributed by atoms with van der Waals surface area (Å²) in [4.78, 5) is 11.7. The SMILES string of the molecule is O=C(CNc1cccc(Cl)c1F)N[C@@H]1CCS(=O)(=O)C1. The average molecular weight is 321 g/mol. The summed E-state index contributed by atoms with van der Waals surface area (Å²) in [6, 6.07) is 4.08. The maximum atomic E-state index is 13.6. The Hall–Kier alpha value is -1.34. The van der Waals surface area contributed by atoms with Crippen molar-refractivity contribution in [3.8, 4) is 0 Å². The van der Waals surface area contributed by atoms with Crippen molar-refractivity contribution in [1.82, 2.24) is 5.32 Å². The summed E-state index contributed by atoms with van der Waals surface area (Å²) < 4.78 is 36.1. The smallest absolute Gasteiger partial charge is 0.239 e. The van der Waals surface area contributed by atoms with Gasteiger partial charge in [0.15, 0.2) is 15.7 Å². The molecule has 1 aliphatic rings. The van der Waals surface area contributed by atoms with Crippen LogP contribution < -0.4 is 10.6 Å². The number of rotatable bonds is 4. The van der Waals surface area contributed by atoms with E-state index in [1.807, 2.05) is 0 Å². The molecule has 8 heteroatoms. The molecular weight excluding hydrogens is 307 g/mol. The Morgan fingerprint density at radius 2 is 2.20 bits per heavy atom. The number of halogens is 2. The van der Waals surface area contributed by atoms with Crippen LogP contribution in [0, 0.1) is 5.82 Å². The second-order valence-corrected chi connectivity index (χ2v) is 7.26. The zero-order valence-corrected chi connectivity index (χ0v) is 12.1. The maximum Gasteiger partial charge on any atom is 0.239 e. The molecule has 110 valence electrons. The molecular formula is C12H14ClFN2O3S. The number of carbonyl (C=O) groups is 1. The van der Waals surface area contributed by atoms with E-state index in [2.05, 4.69) is 10.6 Å². The lowest BCUT2D eigenvalue weighted by atomic mass is 10.2. The van der Waals surface area contributed by atoms with Gasteiger partial charge in [0.25, 0.3) is 0 Å². The number of benzene rings is 1. The van der Waals surface area contributed by atoms with Crippen molar-refractivity contribution < 1.29 is 17.6 Å². The van der Waals surface area contributed by atoms with Gasteiger partial charge in [0.2, 0.25) is 5.91 Å². The molecule has 0 bridgehead atoms. The fourth-order valence-electron chi connectivity index (χ4n) is 2.00. The van der Waals surface area contributed by atoms with E-state index in [1.54, 1.807) is 6.07 Å². The van der Waals surface area contributed by atoms with Crippen molar-refractivity contribution in [2.24, 2.45) is 0 Å². The topological polar surface area (TPSA) is 75.3 Å². The van der Waals surface area contributed by atoms with Crippen molar-refractivity contribution in [2.45, 2.75) is 12.5 Å². The molecule has 1 aromatic rings. The Labute approximate surface area is 121 Å². The summed E-state index contributed by atoms with van der Waals surface area (Å²) in [6.07, 6.45) is 0.416. The predicted molar refractivity (Wildman–Crippen MR) is 75.1 cm³/mol.